The van der Waals surface area contributed by atoms with E-state index in [2.05, 4.69) is 54.6 Å². The van der Waals surface area contributed by atoms with Crippen LogP contribution in [0.5, 0.6) is 5.75 Å². The zero-order chi connectivity index (χ0) is 26.5. The molecule has 37 heavy (non-hydrogen) atoms. The molecule has 3 amide bonds. The first-order valence-corrected chi connectivity index (χ1v) is 13.5. The van der Waals surface area contributed by atoms with E-state index in [9.17, 15) is 9.59 Å². The van der Waals surface area contributed by atoms with Crippen LogP contribution in [0.4, 0.5) is 4.79 Å². The Hall–Kier alpha value is -3.06. The van der Waals surface area contributed by atoms with Crippen molar-refractivity contribution >= 4 is 11.9 Å². The predicted molar refractivity (Wildman–Crippen MR) is 146 cm³/mol. The van der Waals surface area contributed by atoms with Crippen LogP contribution in [0, 0.1) is 0 Å². The van der Waals surface area contributed by atoms with Gasteiger partial charge in [0.1, 0.15) is 5.75 Å². The Labute approximate surface area is 221 Å². The Morgan fingerprint density at radius 3 is 2.30 bits per heavy atom. The molecule has 200 valence electrons. The van der Waals surface area contributed by atoms with Gasteiger partial charge in [0, 0.05) is 38.1 Å². The van der Waals surface area contributed by atoms with Crippen LogP contribution in [0.1, 0.15) is 56.6 Å². The van der Waals surface area contributed by atoms with Crippen LogP contribution >= 0.6 is 0 Å². The first-order valence-electron chi connectivity index (χ1n) is 13.5. The monoisotopic (exact) mass is 506 g/mol. The maximum Gasteiger partial charge on any atom is 0.320 e. The van der Waals surface area contributed by atoms with Crippen molar-refractivity contribution in [3.63, 3.8) is 0 Å². The maximum absolute atomic E-state index is 13.8. The van der Waals surface area contributed by atoms with Gasteiger partial charge in [-0.05, 0) is 69.5 Å². The number of hydrogen-bond acceptors (Lipinski definition) is 4. The zero-order valence-electron chi connectivity index (χ0n) is 22.8. The predicted octanol–water partition coefficient (Wildman–Crippen LogP) is 4.62. The highest BCUT2D eigenvalue weighted by Gasteiger charge is 2.54. The summed E-state index contributed by atoms with van der Waals surface area (Å²) in [7, 11) is 5.98. The summed E-state index contributed by atoms with van der Waals surface area (Å²) in [5.74, 6) is 0.821. The third-order valence-corrected chi connectivity index (χ3v) is 8.40. The summed E-state index contributed by atoms with van der Waals surface area (Å²) in [6.45, 7) is 4.41. The van der Waals surface area contributed by atoms with Crippen LogP contribution in [-0.4, -0.2) is 73.0 Å². The smallest absolute Gasteiger partial charge is 0.320 e. The van der Waals surface area contributed by atoms with E-state index in [1.165, 1.54) is 5.56 Å². The molecular formula is C30H42N4O3. The molecule has 1 aliphatic carbocycles. The van der Waals surface area contributed by atoms with E-state index in [1.54, 1.807) is 7.11 Å². The van der Waals surface area contributed by atoms with E-state index in [4.69, 9.17) is 4.74 Å². The minimum absolute atomic E-state index is 0.0149. The molecule has 1 saturated carbocycles. The summed E-state index contributed by atoms with van der Waals surface area (Å²) in [5, 5.41) is 2.96. The van der Waals surface area contributed by atoms with E-state index in [-0.39, 0.29) is 23.0 Å². The summed E-state index contributed by atoms with van der Waals surface area (Å²) >= 11 is 0. The first-order chi connectivity index (χ1) is 17.8. The van der Waals surface area contributed by atoms with Crippen LogP contribution in [0.2, 0.25) is 0 Å². The molecule has 1 saturated heterocycles. The Kier molecular flexibility index (Phi) is 8.42. The fourth-order valence-electron chi connectivity index (χ4n) is 6.16. The third-order valence-electron chi connectivity index (χ3n) is 8.40. The van der Waals surface area contributed by atoms with Crippen molar-refractivity contribution in [2.45, 2.75) is 63.1 Å². The Morgan fingerprint density at radius 1 is 1.03 bits per heavy atom. The van der Waals surface area contributed by atoms with E-state index >= 15 is 0 Å². The molecule has 0 atom stereocenters. The van der Waals surface area contributed by atoms with Crippen LogP contribution < -0.4 is 10.1 Å². The standard InChI is InChI=1S/C30H42N4O3/c1-5-20-31-27(35)15-21-34-28(36)33(22-24-11-13-26(37-4)14-12-24)23-29(34)16-18-30(19-17-29,32(2)3)25-9-7-6-8-10-25/h6-14H,5,15-23H2,1-4H3,(H,31,35)/t29-,30+. The highest BCUT2D eigenvalue weighted by Crippen LogP contribution is 2.49. The van der Waals surface area contributed by atoms with Gasteiger partial charge < -0.3 is 19.9 Å². The van der Waals surface area contributed by atoms with Crippen molar-refractivity contribution < 1.29 is 14.3 Å². The molecule has 1 N–H and O–H groups in total. The summed E-state index contributed by atoms with van der Waals surface area (Å²) in [5.41, 5.74) is 2.10. The number of hydrogen-bond donors (Lipinski definition) is 1. The second-order valence-corrected chi connectivity index (χ2v) is 10.8. The van der Waals surface area contributed by atoms with Crippen molar-refractivity contribution in [3.8, 4) is 5.75 Å². The Morgan fingerprint density at radius 2 is 1.70 bits per heavy atom. The number of benzene rings is 2. The number of nitrogens with one attached hydrogen (secondary N) is 1. The van der Waals surface area contributed by atoms with Gasteiger partial charge in [0.25, 0.3) is 0 Å². The summed E-state index contributed by atoms with van der Waals surface area (Å²) in [6, 6.07) is 18.7. The average molecular weight is 507 g/mol. The molecule has 2 aromatic rings. The van der Waals surface area contributed by atoms with E-state index in [0.717, 1.165) is 43.4 Å². The molecular weight excluding hydrogens is 464 g/mol. The lowest BCUT2D eigenvalue weighted by Crippen LogP contribution is -2.55. The topological polar surface area (TPSA) is 65.1 Å². The maximum atomic E-state index is 13.8. The summed E-state index contributed by atoms with van der Waals surface area (Å²) in [6.07, 6.45) is 4.98. The second-order valence-electron chi connectivity index (χ2n) is 10.8. The first kappa shape index (κ1) is 27.0. The van der Waals surface area contributed by atoms with E-state index in [1.807, 2.05) is 41.0 Å². The number of carbonyl (C=O) groups is 2. The molecule has 0 bridgehead atoms. The largest absolute Gasteiger partial charge is 0.497 e. The van der Waals surface area contributed by atoms with Crippen molar-refractivity contribution in [1.29, 1.82) is 0 Å². The molecule has 1 aliphatic heterocycles. The highest BCUT2D eigenvalue weighted by molar-refractivity contribution is 5.80. The minimum Gasteiger partial charge on any atom is -0.497 e. The average Bonchev–Trinajstić information content (AvgIpc) is 3.17. The fourth-order valence-corrected chi connectivity index (χ4v) is 6.16. The lowest BCUT2D eigenvalue weighted by molar-refractivity contribution is -0.121. The number of ether oxygens (including phenoxy) is 1. The quantitative estimate of drug-likeness (QED) is 0.511. The molecule has 2 aromatic carbocycles. The molecule has 2 fully saturated rings. The van der Waals surface area contributed by atoms with Gasteiger partial charge in [0.15, 0.2) is 0 Å². The molecule has 1 heterocycles. The van der Waals surface area contributed by atoms with Gasteiger partial charge in [-0.25, -0.2) is 4.79 Å². The van der Waals surface area contributed by atoms with Crippen molar-refractivity contribution in [2.75, 3.05) is 40.8 Å². The number of urea groups is 1. The molecule has 0 radical (unpaired) electrons. The van der Waals surface area contributed by atoms with Crippen LogP contribution in [-0.2, 0) is 16.9 Å². The molecule has 4 rings (SSSR count). The van der Waals surface area contributed by atoms with Crippen LogP contribution in [0.25, 0.3) is 0 Å². The summed E-state index contributed by atoms with van der Waals surface area (Å²) < 4.78 is 5.29. The molecule has 7 nitrogen and oxygen atoms in total. The SMILES string of the molecule is CCCNC(=O)CCN1C(=O)N(Cc2ccc(OC)cc2)C[C@]12CC[C@](c1ccccc1)(N(C)C)CC2. The van der Waals surface area contributed by atoms with Gasteiger partial charge >= 0.3 is 6.03 Å². The second kappa shape index (κ2) is 11.5. The van der Waals surface area contributed by atoms with Gasteiger partial charge in [0.05, 0.1) is 12.6 Å². The van der Waals surface area contributed by atoms with Gasteiger partial charge in [-0.3, -0.25) is 9.69 Å². The number of methoxy groups -OCH3 is 1. The van der Waals surface area contributed by atoms with E-state index < -0.39 is 0 Å². The number of carbonyl (C=O) groups excluding carboxylic acids is 2. The van der Waals surface area contributed by atoms with Crippen LogP contribution in [0.15, 0.2) is 54.6 Å². The van der Waals surface area contributed by atoms with Crippen molar-refractivity contribution in [3.05, 3.63) is 65.7 Å². The van der Waals surface area contributed by atoms with E-state index in [0.29, 0.717) is 32.6 Å². The number of amides is 3. The lowest BCUT2D eigenvalue weighted by atomic mass is 9.68. The van der Waals surface area contributed by atoms with Crippen molar-refractivity contribution in [2.24, 2.45) is 0 Å². The molecule has 7 heteroatoms. The van der Waals surface area contributed by atoms with Crippen molar-refractivity contribution in [1.82, 2.24) is 20.0 Å². The summed E-state index contributed by atoms with van der Waals surface area (Å²) in [4.78, 5) is 32.6. The lowest BCUT2D eigenvalue weighted by Gasteiger charge is -2.51. The minimum atomic E-state index is -0.261. The third kappa shape index (κ3) is 5.61. The molecule has 0 aromatic heterocycles. The zero-order valence-corrected chi connectivity index (χ0v) is 22.8. The Bertz CT molecular complexity index is 1050. The number of rotatable bonds is 10. The van der Waals surface area contributed by atoms with Gasteiger partial charge in [-0.2, -0.15) is 0 Å². The van der Waals surface area contributed by atoms with Gasteiger partial charge in [-0.1, -0.05) is 49.4 Å². The Balaban J connectivity index is 1.56. The van der Waals surface area contributed by atoms with Gasteiger partial charge in [0.2, 0.25) is 5.91 Å². The normalized spacial score (nSPS) is 23.6. The molecule has 2 aliphatic rings. The number of nitrogens with zero attached hydrogens (tertiary/aromatic N) is 3. The molecule has 1 spiro atoms. The fraction of sp³-hybridized carbons (Fsp3) is 0.533. The van der Waals surface area contributed by atoms with Gasteiger partial charge in [-0.15, -0.1) is 0 Å². The van der Waals surface area contributed by atoms with Crippen LogP contribution in [0.3, 0.4) is 0 Å². The molecule has 0 unspecified atom stereocenters. The highest BCUT2D eigenvalue weighted by atomic mass is 16.5.